The van der Waals surface area contributed by atoms with Gasteiger partial charge in [0.15, 0.2) is 0 Å². The number of aliphatic hydroxyl groups excluding tert-OH is 3. The van der Waals surface area contributed by atoms with Gasteiger partial charge >= 0.3 is 0 Å². The van der Waals surface area contributed by atoms with Crippen LogP contribution in [0.2, 0.25) is 0 Å². The second-order valence-electron chi connectivity index (χ2n) is 9.71. The molecular weight excluding hydrogens is 475 g/mol. The number of ether oxygens (including phenoxy) is 1. The summed E-state index contributed by atoms with van der Waals surface area (Å²) in [4.78, 5) is 1.90. The monoisotopic (exact) mass is 508 g/mol. The van der Waals surface area contributed by atoms with Crippen LogP contribution in [0.1, 0.15) is 26.2 Å². The maximum Gasteiger partial charge on any atom is 0.244 e. The second-order valence-corrected chi connectivity index (χ2v) is 11.4. The molecule has 8 nitrogen and oxygen atoms in total. The van der Waals surface area contributed by atoms with Crippen molar-refractivity contribution in [3.8, 4) is 16.9 Å². The Labute approximate surface area is 205 Å². The summed E-state index contributed by atoms with van der Waals surface area (Å²) in [6.07, 6.45) is -1.43. The topological polar surface area (TPSA) is 119 Å². The number of halogens is 1. The van der Waals surface area contributed by atoms with E-state index in [0.29, 0.717) is 24.2 Å². The highest BCUT2D eigenvalue weighted by molar-refractivity contribution is 7.89. The molecule has 1 aliphatic carbocycles. The number of benzene rings is 2. The first-order valence-electron chi connectivity index (χ1n) is 11.9. The van der Waals surface area contributed by atoms with E-state index in [1.165, 1.54) is 24.3 Å². The van der Waals surface area contributed by atoms with Crippen molar-refractivity contribution < 1.29 is 32.9 Å². The maximum atomic E-state index is 14.4. The fourth-order valence-electron chi connectivity index (χ4n) is 5.14. The third kappa shape index (κ3) is 5.84. The molecule has 1 aliphatic heterocycles. The minimum absolute atomic E-state index is 0.0423. The molecule has 10 heteroatoms. The van der Waals surface area contributed by atoms with Crippen LogP contribution < -0.4 is 9.46 Å². The van der Waals surface area contributed by atoms with Gasteiger partial charge in [0.2, 0.25) is 10.0 Å². The van der Waals surface area contributed by atoms with Gasteiger partial charge < -0.3 is 25.0 Å². The number of sulfonamides is 1. The third-order valence-electron chi connectivity index (χ3n) is 6.76. The number of hydrogen-bond donors (Lipinski definition) is 4. The zero-order chi connectivity index (χ0) is 25.2. The van der Waals surface area contributed by atoms with Gasteiger partial charge in [-0.1, -0.05) is 31.2 Å². The normalized spacial score (nSPS) is 29.7. The number of rotatable bonds is 3. The van der Waals surface area contributed by atoms with Crippen LogP contribution >= 0.6 is 0 Å². The fourth-order valence-corrected chi connectivity index (χ4v) is 6.34. The van der Waals surface area contributed by atoms with Crippen molar-refractivity contribution >= 4 is 10.0 Å². The Balaban J connectivity index is 1.77. The van der Waals surface area contributed by atoms with E-state index in [4.69, 9.17) is 4.74 Å². The highest BCUT2D eigenvalue weighted by Gasteiger charge is 2.46. The van der Waals surface area contributed by atoms with Crippen LogP contribution in [0.4, 0.5) is 4.39 Å². The summed E-state index contributed by atoms with van der Waals surface area (Å²) in [6, 6.07) is 10.6. The predicted octanol–water partition coefficient (Wildman–Crippen LogP) is 1.74. The summed E-state index contributed by atoms with van der Waals surface area (Å²) in [5.41, 5.74) is 0.105. The smallest absolute Gasteiger partial charge is 0.244 e. The van der Waals surface area contributed by atoms with Crippen molar-refractivity contribution in [1.82, 2.24) is 9.62 Å². The summed E-state index contributed by atoms with van der Waals surface area (Å²) < 4.78 is 49.3. The van der Waals surface area contributed by atoms with Crippen LogP contribution in [0.3, 0.4) is 0 Å². The Morgan fingerprint density at radius 2 is 1.86 bits per heavy atom. The molecule has 192 valence electrons. The predicted molar refractivity (Wildman–Crippen MR) is 129 cm³/mol. The van der Waals surface area contributed by atoms with E-state index in [1.807, 2.05) is 11.8 Å². The quantitative estimate of drug-likeness (QED) is 0.499. The first-order chi connectivity index (χ1) is 16.6. The van der Waals surface area contributed by atoms with Gasteiger partial charge in [-0.05, 0) is 49.6 Å². The van der Waals surface area contributed by atoms with Crippen molar-refractivity contribution in [2.45, 2.75) is 49.4 Å². The molecule has 1 unspecified atom stereocenters. The molecular formula is C25H33FN2O6S. The SMILES string of the molecule is CCCN1C[C@@H](O)CNS(=O)(=O)c2ccc(-c3ccccc3F)cc2OCC2(C[C@@H](O)[C@@H](O)C2)C1. The number of aliphatic hydroxyl groups is 3. The van der Waals surface area contributed by atoms with Crippen molar-refractivity contribution in [2.75, 3.05) is 32.8 Å². The number of nitrogens with zero attached hydrogens (tertiary/aromatic N) is 1. The Bertz CT molecular complexity index is 1130. The Kier molecular flexibility index (Phi) is 7.80. The largest absolute Gasteiger partial charge is 0.492 e. The van der Waals surface area contributed by atoms with Gasteiger partial charge in [-0.15, -0.1) is 0 Å². The first-order valence-corrected chi connectivity index (χ1v) is 13.4. The zero-order valence-electron chi connectivity index (χ0n) is 19.7. The summed E-state index contributed by atoms with van der Waals surface area (Å²) in [5, 5.41) is 31.3. The highest BCUT2D eigenvalue weighted by Crippen LogP contribution is 2.41. The van der Waals surface area contributed by atoms with Gasteiger partial charge in [0.05, 0.1) is 24.9 Å². The molecule has 4 N–H and O–H groups in total. The highest BCUT2D eigenvalue weighted by atomic mass is 32.2. The molecule has 0 amide bonds. The third-order valence-corrected chi connectivity index (χ3v) is 8.22. The van der Waals surface area contributed by atoms with Gasteiger partial charge in [0.25, 0.3) is 0 Å². The molecule has 0 radical (unpaired) electrons. The molecule has 1 heterocycles. The number of hydrogen-bond acceptors (Lipinski definition) is 7. The minimum Gasteiger partial charge on any atom is -0.492 e. The van der Waals surface area contributed by atoms with E-state index in [0.717, 1.165) is 6.42 Å². The van der Waals surface area contributed by atoms with Crippen LogP contribution in [0, 0.1) is 11.2 Å². The molecule has 0 aromatic heterocycles. The standard InChI is InChI=1S/C25H33FN2O6S/c1-2-9-28-14-18(29)13-27-35(32,33)24-8-7-17(19-5-3-4-6-20(19)26)10-23(24)34-16-25(15-28)11-21(30)22(31)12-25/h3-8,10,18,21-22,27,29-31H,2,9,11-16H2,1H3/t18-,21-,22+,25?/m0/s1. The maximum absolute atomic E-state index is 14.4. The summed E-state index contributed by atoms with van der Waals surface area (Å²) in [6.45, 7) is 3.22. The lowest BCUT2D eigenvalue weighted by Crippen LogP contribution is -2.47. The lowest BCUT2D eigenvalue weighted by atomic mass is 9.85. The lowest BCUT2D eigenvalue weighted by molar-refractivity contribution is 0.0438. The van der Waals surface area contributed by atoms with Gasteiger partial charge in [-0.3, -0.25) is 0 Å². The molecule has 35 heavy (non-hydrogen) atoms. The first kappa shape index (κ1) is 26.0. The zero-order valence-corrected chi connectivity index (χ0v) is 20.5. The van der Waals surface area contributed by atoms with Crippen molar-refractivity contribution in [1.29, 1.82) is 0 Å². The van der Waals surface area contributed by atoms with E-state index in [1.54, 1.807) is 18.2 Å². The number of nitrogens with one attached hydrogen (secondary N) is 1. The Morgan fingerprint density at radius 3 is 2.54 bits per heavy atom. The van der Waals surface area contributed by atoms with Crippen LogP contribution in [-0.4, -0.2) is 79.7 Å². The van der Waals surface area contributed by atoms with Gasteiger partial charge in [-0.25, -0.2) is 17.5 Å². The van der Waals surface area contributed by atoms with E-state index in [9.17, 15) is 28.1 Å². The molecule has 1 saturated carbocycles. The van der Waals surface area contributed by atoms with Crippen LogP contribution in [0.25, 0.3) is 11.1 Å². The van der Waals surface area contributed by atoms with E-state index in [-0.39, 0.29) is 43.2 Å². The number of β-amino-alcohol motifs (C(OH)–C–C–N with tert-alkyl or cyclic N) is 1. The number of fused-ring (bicyclic) bond motifs is 1. The molecule has 0 bridgehead atoms. The molecule has 1 fully saturated rings. The van der Waals surface area contributed by atoms with Crippen molar-refractivity contribution in [2.24, 2.45) is 5.41 Å². The summed E-state index contributed by atoms with van der Waals surface area (Å²) in [5.74, 6) is -0.399. The molecule has 0 saturated heterocycles. The van der Waals surface area contributed by atoms with Crippen LogP contribution in [0.5, 0.6) is 5.75 Å². The average molecular weight is 509 g/mol. The molecule has 4 rings (SSSR count). The molecule has 4 atom stereocenters. The lowest BCUT2D eigenvalue weighted by Gasteiger charge is -2.36. The second kappa shape index (κ2) is 10.5. The average Bonchev–Trinajstić information content (AvgIpc) is 3.09. The van der Waals surface area contributed by atoms with Gasteiger partial charge in [0.1, 0.15) is 16.5 Å². The molecule has 2 aliphatic rings. The van der Waals surface area contributed by atoms with Crippen molar-refractivity contribution in [3.63, 3.8) is 0 Å². The molecule has 2 aromatic carbocycles. The van der Waals surface area contributed by atoms with E-state index >= 15 is 0 Å². The fraction of sp³-hybridized carbons (Fsp3) is 0.520. The minimum atomic E-state index is -4.04. The Hall–Kier alpha value is -2.08. The molecule has 1 spiro atoms. The van der Waals surface area contributed by atoms with E-state index < -0.39 is 39.6 Å². The molecule has 2 aromatic rings. The van der Waals surface area contributed by atoms with Gasteiger partial charge in [0, 0.05) is 30.6 Å². The Morgan fingerprint density at radius 1 is 1.14 bits per heavy atom. The van der Waals surface area contributed by atoms with Crippen LogP contribution in [-0.2, 0) is 10.0 Å². The van der Waals surface area contributed by atoms with Gasteiger partial charge in [-0.2, -0.15) is 0 Å². The summed E-state index contributed by atoms with van der Waals surface area (Å²) >= 11 is 0. The van der Waals surface area contributed by atoms with Crippen LogP contribution in [0.15, 0.2) is 47.4 Å². The van der Waals surface area contributed by atoms with Crippen molar-refractivity contribution in [3.05, 3.63) is 48.3 Å². The summed E-state index contributed by atoms with van der Waals surface area (Å²) in [7, 11) is -4.04. The van der Waals surface area contributed by atoms with E-state index in [2.05, 4.69) is 4.72 Å².